The highest BCUT2D eigenvalue weighted by molar-refractivity contribution is 7.17. The van der Waals surface area contributed by atoms with Crippen LogP contribution in [0.2, 0.25) is 0 Å². The number of carbonyl (C=O) groups excluding carboxylic acids is 2. The van der Waals surface area contributed by atoms with Crippen LogP contribution >= 0.6 is 11.3 Å². The molecule has 10 nitrogen and oxygen atoms in total. The number of fused-ring (bicyclic) bond motifs is 1. The molecule has 0 atom stereocenters. The molecule has 0 fully saturated rings. The zero-order valence-electron chi connectivity index (χ0n) is 17.4. The normalized spacial score (nSPS) is 10.9. The molecule has 0 spiro atoms. The standard InChI is InChI=1S/C21H20N6O4S/c1-11-3-4-12(15-7-27(2)26-25-15)5-16(11)30-8-13-10-32-19-14(6-24-20(23)18(13)19)21(29)31-9-17(22)28/h3-7,10H,8-9H2,1-2H3,(H2,22,28)(H2,23,24). The average Bonchev–Trinajstić information content (AvgIpc) is 3.39. The van der Waals surface area contributed by atoms with Crippen molar-refractivity contribution in [2.75, 3.05) is 12.3 Å². The van der Waals surface area contributed by atoms with Crippen LogP contribution in [-0.4, -0.2) is 38.5 Å². The van der Waals surface area contributed by atoms with Gasteiger partial charge in [0.2, 0.25) is 0 Å². The Morgan fingerprint density at radius 2 is 2.09 bits per heavy atom. The smallest absolute Gasteiger partial charge is 0.341 e. The van der Waals surface area contributed by atoms with E-state index in [9.17, 15) is 9.59 Å². The fraction of sp³-hybridized carbons (Fsp3) is 0.190. The summed E-state index contributed by atoms with van der Waals surface area (Å²) < 4.78 is 13.2. The number of pyridine rings is 1. The van der Waals surface area contributed by atoms with Gasteiger partial charge in [0.05, 0.1) is 16.5 Å². The molecule has 164 valence electrons. The van der Waals surface area contributed by atoms with Crippen molar-refractivity contribution in [3.8, 4) is 17.0 Å². The quantitative estimate of drug-likeness (QED) is 0.405. The number of hydrogen-bond donors (Lipinski definition) is 2. The maximum Gasteiger partial charge on any atom is 0.341 e. The third-order valence-corrected chi connectivity index (χ3v) is 5.80. The van der Waals surface area contributed by atoms with Crippen molar-refractivity contribution in [1.29, 1.82) is 0 Å². The van der Waals surface area contributed by atoms with Crippen molar-refractivity contribution in [1.82, 2.24) is 20.0 Å². The largest absolute Gasteiger partial charge is 0.489 e. The Bertz CT molecular complexity index is 1330. The van der Waals surface area contributed by atoms with Crippen LogP contribution in [0.5, 0.6) is 5.75 Å². The summed E-state index contributed by atoms with van der Waals surface area (Å²) in [5, 5.41) is 10.6. The van der Waals surface area contributed by atoms with Gasteiger partial charge in [0, 0.05) is 29.8 Å². The first kappa shape index (κ1) is 21.2. The van der Waals surface area contributed by atoms with Gasteiger partial charge in [-0.05, 0) is 23.9 Å². The maximum absolute atomic E-state index is 12.3. The number of hydrogen-bond acceptors (Lipinski definition) is 9. The number of rotatable bonds is 7. The van der Waals surface area contributed by atoms with Crippen LogP contribution in [0.15, 0.2) is 36.0 Å². The van der Waals surface area contributed by atoms with E-state index in [-0.39, 0.29) is 18.0 Å². The molecule has 0 bridgehead atoms. The Morgan fingerprint density at radius 3 is 2.81 bits per heavy atom. The molecule has 1 amide bonds. The molecule has 4 aromatic rings. The summed E-state index contributed by atoms with van der Waals surface area (Å²) in [5.74, 6) is -0.465. The van der Waals surface area contributed by atoms with Crippen LogP contribution in [-0.2, 0) is 23.2 Å². The summed E-state index contributed by atoms with van der Waals surface area (Å²) >= 11 is 1.32. The van der Waals surface area contributed by atoms with Gasteiger partial charge in [-0.1, -0.05) is 17.3 Å². The summed E-state index contributed by atoms with van der Waals surface area (Å²) in [6.07, 6.45) is 3.16. The number of benzene rings is 1. The third-order valence-electron chi connectivity index (χ3n) is 4.74. The van der Waals surface area contributed by atoms with Crippen molar-refractivity contribution in [3.05, 3.63) is 52.7 Å². The van der Waals surface area contributed by atoms with Crippen LogP contribution in [0.25, 0.3) is 21.3 Å². The van der Waals surface area contributed by atoms with E-state index in [4.69, 9.17) is 20.9 Å². The fourth-order valence-corrected chi connectivity index (χ4v) is 4.21. The van der Waals surface area contributed by atoms with E-state index in [1.54, 1.807) is 11.7 Å². The maximum atomic E-state index is 12.3. The van der Waals surface area contributed by atoms with Crippen molar-refractivity contribution in [3.63, 3.8) is 0 Å². The van der Waals surface area contributed by atoms with Crippen molar-refractivity contribution < 1.29 is 19.1 Å². The Labute approximate surface area is 186 Å². The number of aromatic nitrogens is 4. The molecule has 11 heteroatoms. The zero-order chi connectivity index (χ0) is 22.8. The van der Waals surface area contributed by atoms with E-state index in [2.05, 4.69) is 15.3 Å². The molecule has 4 rings (SSSR count). The molecule has 4 N–H and O–H groups in total. The molecule has 0 aliphatic carbocycles. The van der Waals surface area contributed by atoms with E-state index in [1.165, 1.54) is 17.5 Å². The molecule has 32 heavy (non-hydrogen) atoms. The lowest BCUT2D eigenvalue weighted by molar-refractivity contribution is -0.121. The summed E-state index contributed by atoms with van der Waals surface area (Å²) in [4.78, 5) is 27.4. The van der Waals surface area contributed by atoms with E-state index in [1.807, 2.05) is 36.7 Å². The minimum Gasteiger partial charge on any atom is -0.489 e. The van der Waals surface area contributed by atoms with E-state index in [0.29, 0.717) is 15.8 Å². The number of amides is 1. The fourth-order valence-electron chi connectivity index (χ4n) is 3.15. The molecule has 3 heterocycles. The van der Waals surface area contributed by atoms with Crippen molar-refractivity contribution in [2.24, 2.45) is 12.8 Å². The molecule has 0 saturated heterocycles. The zero-order valence-corrected chi connectivity index (χ0v) is 18.2. The molecule has 0 saturated carbocycles. The van der Waals surface area contributed by atoms with Gasteiger partial charge >= 0.3 is 5.97 Å². The number of thiophene rings is 1. The first-order valence-electron chi connectivity index (χ1n) is 9.53. The summed E-state index contributed by atoms with van der Waals surface area (Å²) in [6.45, 7) is 1.66. The molecule has 3 aromatic heterocycles. The number of anilines is 1. The summed E-state index contributed by atoms with van der Waals surface area (Å²) in [6, 6.07) is 5.81. The minimum atomic E-state index is -0.739. The lowest BCUT2D eigenvalue weighted by atomic mass is 10.1. The number of carbonyl (C=O) groups is 2. The van der Waals surface area contributed by atoms with Gasteiger partial charge < -0.3 is 20.9 Å². The molecular weight excluding hydrogens is 432 g/mol. The highest BCUT2D eigenvalue weighted by Gasteiger charge is 2.19. The first-order valence-corrected chi connectivity index (χ1v) is 10.4. The van der Waals surface area contributed by atoms with Crippen molar-refractivity contribution in [2.45, 2.75) is 13.5 Å². The molecule has 0 radical (unpaired) electrons. The monoisotopic (exact) mass is 452 g/mol. The Hall–Kier alpha value is -3.99. The number of aryl methyl sites for hydroxylation is 2. The molecule has 0 aliphatic heterocycles. The van der Waals surface area contributed by atoms with Crippen molar-refractivity contribution >= 4 is 39.1 Å². The van der Waals surface area contributed by atoms with Gasteiger partial charge in [0.25, 0.3) is 5.91 Å². The van der Waals surface area contributed by atoms with E-state index >= 15 is 0 Å². The van der Waals surface area contributed by atoms with Gasteiger partial charge in [-0.2, -0.15) is 0 Å². The lowest BCUT2D eigenvalue weighted by Gasteiger charge is -2.11. The lowest BCUT2D eigenvalue weighted by Crippen LogP contribution is -2.21. The third kappa shape index (κ3) is 4.23. The SMILES string of the molecule is Cc1ccc(-c2cn(C)nn2)cc1OCc1csc2c(C(=O)OCC(N)=O)cnc(N)c12. The van der Waals surface area contributed by atoms with Crippen LogP contribution < -0.4 is 16.2 Å². The number of ether oxygens (including phenoxy) is 2. The van der Waals surface area contributed by atoms with Gasteiger partial charge in [0.1, 0.15) is 23.9 Å². The second-order valence-corrected chi connectivity index (χ2v) is 7.99. The minimum absolute atomic E-state index is 0.215. The predicted molar refractivity (Wildman–Crippen MR) is 119 cm³/mol. The number of nitrogen functional groups attached to an aromatic ring is 1. The highest BCUT2D eigenvalue weighted by Crippen LogP contribution is 2.34. The van der Waals surface area contributed by atoms with E-state index < -0.39 is 18.5 Å². The average molecular weight is 452 g/mol. The van der Waals surface area contributed by atoms with Crippen LogP contribution in [0, 0.1) is 6.92 Å². The molecule has 0 unspecified atom stereocenters. The summed E-state index contributed by atoms with van der Waals surface area (Å²) in [7, 11) is 1.81. The molecule has 0 aliphatic rings. The number of nitrogens with two attached hydrogens (primary N) is 2. The van der Waals surface area contributed by atoms with Crippen LogP contribution in [0.1, 0.15) is 21.5 Å². The molecule has 1 aromatic carbocycles. The molecular formula is C21H20N6O4S. The Balaban J connectivity index is 1.60. The van der Waals surface area contributed by atoms with E-state index in [0.717, 1.165) is 22.4 Å². The topological polar surface area (TPSA) is 148 Å². The van der Waals surface area contributed by atoms with Gasteiger partial charge in [-0.3, -0.25) is 9.48 Å². The van der Waals surface area contributed by atoms with Crippen LogP contribution in [0.3, 0.4) is 0 Å². The summed E-state index contributed by atoms with van der Waals surface area (Å²) in [5.41, 5.74) is 14.7. The van der Waals surface area contributed by atoms with Gasteiger partial charge in [-0.15, -0.1) is 16.4 Å². The number of primary amides is 1. The van der Waals surface area contributed by atoms with Crippen LogP contribution in [0.4, 0.5) is 5.82 Å². The number of nitrogens with zero attached hydrogens (tertiary/aromatic N) is 4. The first-order chi connectivity index (χ1) is 15.3. The van der Waals surface area contributed by atoms with Gasteiger partial charge in [-0.25, -0.2) is 9.78 Å². The second-order valence-electron chi connectivity index (χ2n) is 7.11. The highest BCUT2D eigenvalue weighted by atomic mass is 32.1. The predicted octanol–water partition coefficient (Wildman–Crippen LogP) is 2.20. The Morgan fingerprint density at radius 1 is 1.28 bits per heavy atom. The Kier molecular flexibility index (Phi) is 5.73. The van der Waals surface area contributed by atoms with Gasteiger partial charge in [0.15, 0.2) is 6.61 Å². The second kappa shape index (κ2) is 8.63. The number of esters is 1.